The monoisotopic (exact) mass is 210 g/mol. The Morgan fingerprint density at radius 1 is 1.67 bits per heavy atom. The van der Waals surface area contributed by atoms with Crippen molar-refractivity contribution in [2.75, 3.05) is 13.7 Å². The number of carbonyl (C=O) groups is 1. The molecule has 0 aliphatic carbocycles. The van der Waals surface area contributed by atoms with Gasteiger partial charge in [0.15, 0.2) is 0 Å². The molecule has 0 saturated carbocycles. The molecule has 0 radical (unpaired) electrons. The first-order valence-corrected chi connectivity index (χ1v) is 4.52. The van der Waals surface area contributed by atoms with Crippen molar-refractivity contribution >= 4 is 5.97 Å². The summed E-state index contributed by atoms with van der Waals surface area (Å²) in [5.74, 6) is 0.155. The molecule has 2 N–H and O–H groups in total. The summed E-state index contributed by atoms with van der Waals surface area (Å²) >= 11 is 0. The van der Waals surface area contributed by atoms with Crippen LogP contribution in [0.5, 0.6) is 5.75 Å². The molecular formula is C10H14N2O3. The number of carbonyl (C=O) groups excluding carboxylic acids is 1. The first-order valence-electron chi connectivity index (χ1n) is 4.52. The SMILES string of the molecule is COC(=O)C(N)COc1ccnc(C)c1. The number of nitrogens with two attached hydrogens (primary N) is 1. The third-order valence-electron chi connectivity index (χ3n) is 1.80. The molecule has 15 heavy (non-hydrogen) atoms. The summed E-state index contributed by atoms with van der Waals surface area (Å²) in [5.41, 5.74) is 6.34. The number of esters is 1. The van der Waals surface area contributed by atoms with Crippen molar-refractivity contribution in [3.05, 3.63) is 24.0 Å². The third kappa shape index (κ3) is 3.55. The Bertz CT molecular complexity index is 341. The topological polar surface area (TPSA) is 74.4 Å². The van der Waals surface area contributed by atoms with Gasteiger partial charge in [-0.1, -0.05) is 0 Å². The van der Waals surface area contributed by atoms with E-state index in [1.807, 2.05) is 6.92 Å². The highest BCUT2D eigenvalue weighted by Gasteiger charge is 2.14. The molecule has 5 nitrogen and oxygen atoms in total. The van der Waals surface area contributed by atoms with Gasteiger partial charge < -0.3 is 15.2 Å². The molecule has 1 heterocycles. The van der Waals surface area contributed by atoms with Crippen LogP contribution in [0.15, 0.2) is 18.3 Å². The Kier molecular flexibility index (Phi) is 4.05. The number of aryl methyl sites for hydroxylation is 1. The Labute approximate surface area is 88.2 Å². The number of pyridine rings is 1. The predicted octanol–water partition coefficient (Wildman–Crippen LogP) is 0.269. The number of ether oxygens (including phenoxy) is 2. The lowest BCUT2D eigenvalue weighted by Crippen LogP contribution is -2.37. The van der Waals surface area contributed by atoms with Gasteiger partial charge in [0.05, 0.1) is 7.11 Å². The van der Waals surface area contributed by atoms with E-state index in [0.29, 0.717) is 5.75 Å². The van der Waals surface area contributed by atoms with E-state index in [2.05, 4.69) is 9.72 Å². The molecule has 0 aliphatic rings. The van der Waals surface area contributed by atoms with Gasteiger partial charge in [-0.2, -0.15) is 0 Å². The zero-order chi connectivity index (χ0) is 11.3. The minimum atomic E-state index is -0.761. The van der Waals surface area contributed by atoms with E-state index in [1.165, 1.54) is 7.11 Å². The van der Waals surface area contributed by atoms with Crippen LogP contribution < -0.4 is 10.5 Å². The minimum Gasteiger partial charge on any atom is -0.491 e. The molecule has 0 saturated heterocycles. The second-order valence-corrected chi connectivity index (χ2v) is 3.07. The number of hydrogen-bond donors (Lipinski definition) is 1. The first kappa shape index (κ1) is 11.5. The van der Waals surface area contributed by atoms with Crippen molar-refractivity contribution in [2.24, 2.45) is 5.73 Å². The predicted molar refractivity (Wildman–Crippen MR) is 54.5 cm³/mol. The quantitative estimate of drug-likeness (QED) is 0.722. The van der Waals surface area contributed by atoms with E-state index in [-0.39, 0.29) is 6.61 Å². The van der Waals surface area contributed by atoms with Crippen LogP contribution in [0.2, 0.25) is 0 Å². The van der Waals surface area contributed by atoms with Crippen LogP contribution in [0.25, 0.3) is 0 Å². The maximum atomic E-state index is 11.0. The van der Waals surface area contributed by atoms with Crippen LogP contribution in [-0.2, 0) is 9.53 Å². The molecule has 0 aliphatic heterocycles. The van der Waals surface area contributed by atoms with Gasteiger partial charge >= 0.3 is 5.97 Å². The lowest BCUT2D eigenvalue weighted by atomic mass is 10.3. The molecule has 1 aromatic rings. The van der Waals surface area contributed by atoms with Crippen molar-refractivity contribution in [1.82, 2.24) is 4.98 Å². The molecule has 0 fully saturated rings. The Morgan fingerprint density at radius 3 is 3.00 bits per heavy atom. The number of hydrogen-bond acceptors (Lipinski definition) is 5. The average molecular weight is 210 g/mol. The van der Waals surface area contributed by atoms with E-state index >= 15 is 0 Å². The maximum Gasteiger partial charge on any atom is 0.326 e. The average Bonchev–Trinajstić information content (AvgIpc) is 2.25. The lowest BCUT2D eigenvalue weighted by Gasteiger charge is -2.11. The second kappa shape index (κ2) is 5.31. The summed E-state index contributed by atoms with van der Waals surface area (Å²) in [5, 5.41) is 0. The van der Waals surface area contributed by atoms with Crippen molar-refractivity contribution < 1.29 is 14.3 Å². The number of rotatable bonds is 4. The Balaban J connectivity index is 2.47. The molecular weight excluding hydrogens is 196 g/mol. The molecule has 1 unspecified atom stereocenters. The van der Waals surface area contributed by atoms with Crippen LogP contribution in [0.1, 0.15) is 5.69 Å². The van der Waals surface area contributed by atoms with E-state index in [4.69, 9.17) is 10.5 Å². The Hall–Kier alpha value is -1.62. The molecule has 0 bridgehead atoms. The van der Waals surface area contributed by atoms with Gasteiger partial charge in [0, 0.05) is 18.0 Å². The van der Waals surface area contributed by atoms with E-state index in [9.17, 15) is 4.79 Å². The zero-order valence-electron chi connectivity index (χ0n) is 8.77. The molecule has 0 amide bonds. The van der Waals surface area contributed by atoms with Gasteiger partial charge in [0.2, 0.25) is 0 Å². The summed E-state index contributed by atoms with van der Waals surface area (Å²) in [6, 6.07) is 2.71. The van der Waals surface area contributed by atoms with Crippen LogP contribution in [0.3, 0.4) is 0 Å². The summed E-state index contributed by atoms with van der Waals surface area (Å²) in [6.07, 6.45) is 1.63. The largest absolute Gasteiger partial charge is 0.491 e. The molecule has 1 rings (SSSR count). The maximum absolute atomic E-state index is 11.0. The molecule has 1 aromatic heterocycles. The molecule has 0 spiro atoms. The van der Waals surface area contributed by atoms with Gasteiger partial charge in [0.1, 0.15) is 18.4 Å². The zero-order valence-corrected chi connectivity index (χ0v) is 8.77. The van der Waals surface area contributed by atoms with Gasteiger partial charge in [-0.3, -0.25) is 9.78 Å². The summed E-state index contributed by atoms with van der Waals surface area (Å²) in [4.78, 5) is 15.0. The van der Waals surface area contributed by atoms with Crippen molar-refractivity contribution in [1.29, 1.82) is 0 Å². The van der Waals surface area contributed by atoms with Crippen molar-refractivity contribution in [3.63, 3.8) is 0 Å². The molecule has 82 valence electrons. The molecule has 5 heteroatoms. The number of methoxy groups -OCH3 is 1. The van der Waals surface area contributed by atoms with Crippen molar-refractivity contribution in [3.8, 4) is 5.75 Å². The molecule has 1 atom stereocenters. The summed E-state index contributed by atoms with van der Waals surface area (Å²) in [7, 11) is 1.29. The standard InChI is InChI=1S/C10H14N2O3/c1-7-5-8(3-4-12-7)15-6-9(11)10(13)14-2/h3-5,9H,6,11H2,1-2H3. The van der Waals surface area contributed by atoms with Crippen LogP contribution in [0, 0.1) is 6.92 Å². The fourth-order valence-electron chi connectivity index (χ4n) is 1.01. The second-order valence-electron chi connectivity index (χ2n) is 3.07. The van der Waals surface area contributed by atoms with Gasteiger partial charge in [-0.05, 0) is 13.0 Å². The van der Waals surface area contributed by atoms with Crippen LogP contribution in [0.4, 0.5) is 0 Å². The highest BCUT2D eigenvalue weighted by atomic mass is 16.5. The minimum absolute atomic E-state index is 0.0934. The van der Waals surface area contributed by atoms with E-state index in [0.717, 1.165) is 5.69 Å². The normalized spacial score (nSPS) is 11.9. The van der Waals surface area contributed by atoms with Gasteiger partial charge in [-0.25, -0.2) is 0 Å². The number of aromatic nitrogens is 1. The van der Waals surface area contributed by atoms with Gasteiger partial charge in [0.25, 0.3) is 0 Å². The highest BCUT2D eigenvalue weighted by molar-refractivity contribution is 5.75. The van der Waals surface area contributed by atoms with Gasteiger partial charge in [-0.15, -0.1) is 0 Å². The smallest absolute Gasteiger partial charge is 0.326 e. The molecule has 0 aromatic carbocycles. The van der Waals surface area contributed by atoms with Crippen LogP contribution in [-0.4, -0.2) is 30.7 Å². The first-order chi connectivity index (χ1) is 7.13. The fraction of sp³-hybridized carbons (Fsp3) is 0.400. The Morgan fingerprint density at radius 2 is 2.40 bits per heavy atom. The van der Waals surface area contributed by atoms with E-state index < -0.39 is 12.0 Å². The summed E-state index contributed by atoms with van der Waals surface area (Å²) < 4.78 is 9.77. The van der Waals surface area contributed by atoms with Crippen molar-refractivity contribution in [2.45, 2.75) is 13.0 Å². The fourth-order valence-corrected chi connectivity index (χ4v) is 1.01. The lowest BCUT2D eigenvalue weighted by molar-refractivity contribution is -0.142. The summed E-state index contributed by atoms with van der Waals surface area (Å²) in [6.45, 7) is 1.95. The third-order valence-corrected chi connectivity index (χ3v) is 1.80. The number of nitrogens with zero attached hydrogens (tertiary/aromatic N) is 1. The van der Waals surface area contributed by atoms with Crippen LogP contribution >= 0.6 is 0 Å². The van der Waals surface area contributed by atoms with E-state index in [1.54, 1.807) is 18.3 Å². The highest BCUT2D eigenvalue weighted by Crippen LogP contribution is 2.10.